The van der Waals surface area contributed by atoms with Crippen molar-refractivity contribution >= 4 is 0 Å². The minimum absolute atomic E-state index is 0.326. The van der Waals surface area contributed by atoms with Gasteiger partial charge in [0.1, 0.15) is 0 Å². The van der Waals surface area contributed by atoms with Gasteiger partial charge in [0.15, 0.2) is 0 Å². The summed E-state index contributed by atoms with van der Waals surface area (Å²) in [6, 6.07) is 10.6. The molecule has 1 aromatic carbocycles. The van der Waals surface area contributed by atoms with Crippen molar-refractivity contribution in [1.82, 2.24) is 0 Å². The van der Waals surface area contributed by atoms with Crippen LogP contribution in [0.2, 0.25) is 0 Å². The fourth-order valence-electron chi connectivity index (χ4n) is 1.88. The van der Waals surface area contributed by atoms with Crippen LogP contribution in [0.1, 0.15) is 32.3 Å². The van der Waals surface area contributed by atoms with Crippen LogP contribution in [0.15, 0.2) is 30.3 Å². The maximum Gasteiger partial charge on any atom is 0.0600 e. The maximum absolute atomic E-state index is 5.73. The summed E-state index contributed by atoms with van der Waals surface area (Å²) in [5, 5.41) is 0. The highest BCUT2D eigenvalue weighted by Gasteiger charge is 2.08. The summed E-state index contributed by atoms with van der Waals surface area (Å²) < 4.78 is 11.1. The van der Waals surface area contributed by atoms with Gasteiger partial charge in [-0.2, -0.15) is 0 Å². The molecule has 0 aliphatic heterocycles. The normalized spacial score (nSPS) is 12.6. The Balaban J connectivity index is 2.28. The van der Waals surface area contributed by atoms with E-state index in [9.17, 15) is 0 Å². The molecule has 0 spiro atoms. The van der Waals surface area contributed by atoms with Gasteiger partial charge < -0.3 is 9.47 Å². The third-order valence-electron chi connectivity index (χ3n) is 2.79. The molecule has 0 N–H and O–H groups in total. The first-order valence-electron chi connectivity index (χ1n) is 6.60. The van der Waals surface area contributed by atoms with E-state index >= 15 is 0 Å². The van der Waals surface area contributed by atoms with Gasteiger partial charge in [0.2, 0.25) is 0 Å². The third-order valence-corrected chi connectivity index (χ3v) is 2.79. The molecule has 0 amide bonds. The summed E-state index contributed by atoms with van der Waals surface area (Å²) in [6.07, 6.45) is 3.48. The Kier molecular flexibility index (Phi) is 7.69. The van der Waals surface area contributed by atoms with E-state index in [4.69, 9.17) is 9.47 Å². The predicted molar refractivity (Wildman–Crippen MR) is 71.3 cm³/mol. The highest BCUT2D eigenvalue weighted by atomic mass is 16.5. The summed E-state index contributed by atoms with van der Waals surface area (Å²) in [7, 11) is 0. The lowest BCUT2D eigenvalue weighted by atomic mass is 10.1. The summed E-state index contributed by atoms with van der Waals surface area (Å²) >= 11 is 0. The van der Waals surface area contributed by atoms with Crippen LogP contribution in [-0.4, -0.2) is 25.9 Å². The molecule has 1 atom stereocenters. The summed E-state index contributed by atoms with van der Waals surface area (Å²) in [6.45, 7) is 6.45. The van der Waals surface area contributed by atoms with Gasteiger partial charge >= 0.3 is 0 Å². The molecule has 96 valence electrons. The molecule has 2 heteroatoms. The molecule has 0 fully saturated rings. The van der Waals surface area contributed by atoms with Crippen LogP contribution in [0.5, 0.6) is 0 Å². The number of rotatable bonds is 9. The van der Waals surface area contributed by atoms with Crippen molar-refractivity contribution in [1.29, 1.82) is 0 Å². The minimum atomic E-state index is 0.326. The highest BCUT2D eigenvalue weighted by molar-refractivity contribution is 5.14. The molecule has 0 heterocycles. The average molecular weight is 236 g/mol. The van der Waals surface area contributed by atoms with Gasteiger partial charge in [-0.15, -0.1) is 0 Å². The van der Waals surface area contributed by atoms with Crippen LogP contribution in [-0.2, 0) is 15.9 Å². The second kappa shape index (κ2) is 9.20. The Morgan fingerprint density at radius 2 is 1.76 bits per heavy atom. The molecule has 0 aliphatic carbocycles. The van der Waals surface area contributed by atoms with Crippen molar-refractivity contribution in [2.24, 2.45) is 0 Å². The Labute approximate surface area is 105 Å². The van der Waals surface area contributed by atoms with Crippen LogP contribution in [0.25, 0.3) is 0 Å². The number of hydrogen-bond acceptors (Lipinski definition) is 2. The van der Waals surface area contributed by atoms with Crippen molar-refractivity contribution in [2.75, 3.05) is 19.8 Å². The van der Waals surface area contributed by atoms with Crippen molar-refractivity contribution in [3.05, 3.63) is 35.9 Å². The zero-order valence-electron chi connectivity index (χ0n) is 11.0. The van der Waals surface area contributed by atoms with E-state index in [0.29, 0.717) is 6.10 Å². The first-order chi connectivity index (χ1) is 8.36. The molecule has 0 saturated heterocycles. The average Bonchev–Trinajstić information content (AvgIpc) is 2.37. The zero-order chi connectivity index (χ0) is 12.3. The minimum Gasteiger partial charge on any atom is -0.382 e. The number of aryl methyl sites for hydroxylation is 1. The van der Waals surface area contributed by atoms with E-state index in [2.05, 4.69) is 37.3 Å². The number of hydrogen-bond donors (Lipinski definition) is 0. The van der Waals surface area contributed by atoms with Crippen LogP contribution < -0.4 is 0 Å². The Hall–Kier alpha value is -0.860. The van der Waals surface area contributed by atoms with Crippen LogP contribution in [0.4, 0.5) is 0 Å². The van der Waals surface area contributed by atoms with Gasteiger partial charge in [-0.05, 0) is 38.7 Å². The third kappa shape index (κ3) is 6.44. The molecule has 1 rings (SSSR count). The molecule has 0 aliphatic rings. The lowest BCUT2D eigenvalue weighted by Crippen LogP contribution is -2.16. The monoisotopic (exact) mass is 236 g/mol. The molecule has 0 saturated carbocycles. The number of benzene rings is 1. The topological polar surface area (TPSA) is 18.5 Å². The Morgan fingerprint density at radius 3 is 2.41 bits per heavy atom. The second-order valence-electron chi connectivity index (χ2n) is 4.09. The largest absolute Gasteiger partial charge is 0.382 e. The molecular weight excluding hydrogens is 212 g/mol. The second-order valence-corrected chi connectivity index (χ2v) is 4.09. The zero-order valence-corrected chi connectivity index (χ0v) is 11.0. The maximum atomic E-state index is 5.73. The fraction of sp³-hybridized carbons (Fsp3) is 0.600. The molecular formula is C15H24O2. The van der Waals surface area contributed by atoms with E-state index < -0.39 is 0 Å². The first-order valence-corrected chi connectivity index (χ1v) is 6.60. The lowest BCUT2D eigenvalue weighted by molar-refractivity contribution is 0.0253. The van der Waals surface area contributed by atoms with Crippen LogP contribution in [0.3, 0.4) is 0 Å². The molecule has 1 unspecified atom stereocenters. The van der Waals surface area contributed by atoms with Gasteiger partial charge in [-0.25, -0.2) is 0 Å². The van der Waals surface area contributed by atoms with E-state index in [1.165, 1.54) is 5.56 Å². The van der Waals surface area contributed by atoms with Crippen molar-refractivity contribution in [3.63, 3.8) is 0 Å². The SMILES string of the molecule is CCOCCC(CCc1ccccc1)OCC. The van der Waals surface area contributed by atoms with Gasteiger partial charge in [-0.1, -0.05) is 30.3 Å². The lowest BCUT2D eigenvalue weighted by Gasteiger charge is -2.16. The predicted octanol–water partition coefficient (Wildman–Crippen LogP) is 3.45. The van der Waals surface area contributed by atoms with E-state index in [1.807, 2.05) is 6.92 Å². The van der Waals surface area contributed by atoms with Gasteiger partial charge in [0.25, 0.3) is 0 Å². The van der Waals surface area contributed by atoms with E-state index in [-0.39, 0.29) is 0 Å². The summed E-state index contributed by atoms with van der Waals surface area (Å²) in [5.41, 5.74) is 1.38. The van der Waals surface area contributed by atoms with Crippen molar-refractivity contribution in [2.45, 2.75) is 39.2 Å². The summed E-state index contributed by atoms with van der Waals surface area (Å²) in [4.78, 5) is 0. The van der Waals surface area contributed by atoms with Gasteiger partial charge in [-0.3, -0.25) is 0 Å². The van der Waals surface area contributed by atoms with Gasteiger partial charge in [0.05, 0.1) is 6.10 Å². The number of ether oxygens (including phenoxy) is 2. The molecule has 1 aromatic rings. The quantitative estimate of drug-likeness (QED) is 0.611. The Bertz CT molecular complexity index is 272. The highest BCUT2D eigenvalue weighted by Crippen LogP contribution is 2.10. The summed E-state index contributed by atoms with van der Waals surface area (Å²) in [5.74, 6) is 0. The smallest absolute Gasteiger partial charge is 0.0600 e. The van der Waals surface area contributed by atoms with Crippen LogP contribution in [0, 0.1) is 0 Å². The first kappa shape index (κ1) is 14.2. The standard InChI is InChI=1S/C15H24O2/c1-3-16-13-12-15(17-4-2)11-10-14-8-6-5-7-9-14/h5-9,15H,3-4,10-13H2,1-2H3. The van der Waals surface area contributed by atoms with Crippen molar-refractivity contribution < 1.29 is 9.47 Å². The van der Waals surface area contributed by atoms with Gasteiger partial charge in [0, 0.05) is 19.8 Å². The van der Waals surface area contributed by atoms with E-state index in [0.717, 1.165) is 39.1 Å². The molecule has 0 radical (unpaired) electrons. The molecule has 2 nitrogen and oxygen atoms in total. The van der Waals surface area contributed by atoms with E-state index in [1.54, 1.807) is 0 Å². The van der Waals surface area contributed by atoms with Crippen LogP contribution >= 0.6 is 0 Å². The Morgan fingerprint density at radius 1 is 1.00 bits per heavy atom. The van der Waals surface area contributed by atoms with Crippen molar-refractivity contribution in [3.8, 4) is 0 Å². The fourth-order valence-corrected chi connectivity index (χ4v) is 1.88. The molecule has 0 aromatic heterocycles. The molecule has 0 bridgehead atoms. The molecule has 17 heavy (non-hydrogen) atoms.